The number of nitro groups is 1. The molecule has 8 heteroatoms. The monoisotopic (exact) mass is 626 g/mol. The van der Waals surface area contributed by atoms with Crippen molar-refractivity contribution in [1.29, 1.82) is 0 Å². The number of non-ortho nitro benzene ring substituents is 1. The predicted molar refractivity (Wildman–Crippen MR) is 177 cm³/mol. The van der Waals surface area contributed by atoms with E-state index in [4.69, 9.17) is 9.47 Å². The second-order valence-corrected chi connectivity index (χ2v) is 15.1. The molecule has 46 heavy (non-hydrogen) atoms. The Morgan fingerprint density at radius 2 is 1.46 bits per heavy atom. The summed E-state index contributed by atoms with van der Waals surface area (Å²) in [6.45, 7) is 11.2. The third-order valence-corrected chi connectivity index (χ3v) is 10.0. The first-order valence-electron chi connectivity index (χ1n) is 16.8. The Labute approximate surface area is 272 Å². The minimum atomic E-state index is -0.456. The molecule has 6 rings (SSSR count). The molecule has 4 aliphatic rings. The van der Waals surface area contributed by atoms with E-state index in [1.54, 1.807) is 12.1 Å². The summed E-state index contributed by atoms with van der Waals surface area (Å²) in [7, 11) is 0. The molecule has 0 saturated heterocycles. The average molecular weight is 627 g/mol. The maximum absolute atomic E-state index is 14.3. The molecule has 8 nitrogen and oxygen atoms in total. The lowest BCUT2D eigenvalue weighted by molar-refractivity contribution is -0.384. The molecule has 0 amide bonds. The van der Waals surface area contributed by atoms with Gasteiger partial charge in [0, 0.05) is 59.5 Å². The first-order valence-corrected chi connectivity index (χ1v) is 16.8. The molecule has 0 spiro atoms. The quantitative estimate of drug-likeness (QED) is 0.214. The third-order valence-electron chi connectivity index (χ3n) is 10.0. The summed E-state index contributed by atoms with van der Waals surface area (Å²) in [5.74, 6) is 0.835. The van der Waals surface area contributed by atoms with Crippen LogP contribution in [0.4, 0.5) is 5.69 Å². The van der Waals surface area contributed by atoms with Gasteiger partial charge in [0.2, 0.25) is 0 Å². The number of carbonyl (C=O) groups excluding carboxylic acids is 2. The van der Waals surface area contributed by atoms with Gasteiger partial charge in [-0.3, -0.25) is 19.7 Å². The number of Topliss-reactive ketones (excluding diaryl/α,β-unsaturated/α-hetero) is 2. The Morgan fingerprint density at radius 3 is 2.04 bits per heavy atom. The Bertz CT molecular complexity index is 1570. The van der Waals surface area contributed by atoms with Gasteiger partial charge in [-0.15, -0.1) is 0 Å². The van der Waals surface area contributed by atoms with Crippen LogP contribution in [0.25, 0.3) is 0 Å². The fraction of sp³-hybridized carbons (Fsp3) is 0.526. The molecular formula is C38H46N2O6. The van der Waals surface area contributed by atoms with E-state index in [-0.39, 0.29) is 34.7 Å². The Kier molecular flexibility index (Phi) is 8.59. The molecule has 0 aromatic heterocycles. The van der Waals surface area contributed by atoms with Crippen molar-refractivity contribution in [1.82, 2.24) is 4.90 Å². The van der Waals surface area contributed by atoms with Crippen LogP contribution in [0.1, 0.15) is 109 Å². The summed E-state index contributed by atoms with van der Waals surface area (Å²) in [5, 5.41) is 11.3. The van der Waals surface area contributed by atoms with Crippen molar-refractivity contribution in [3.05, 3.63) is 86.2 Å². The SMILES string of the molecule is CCOc1cc(C2C3=C(CC(C)(C)CC3=O)N(C3CCCCC3)C3=C2C(=O)CC(C)(C)C3)ccc1OCc1cccc([N+](=O)[O-])c1. The van der Waals surface area contributed by atoms with E-state index < -0.39 is 10.8 Å². The first kappa shape index (κ1) is 32.0. The molecule has 2 aromatic rings. The van der Waals surface area contributed by atoms with Crippen LogP contribution < -0.4 is 9.47 Å². The summed E-state index contributed by atoms with van der Waals surface area (Å²) in [6, 6.07) is 12.4. The van der Waals surface area contributed by atoms with Crippen molar-refractivity contribution >= 4 is 17.3 Å². The lowest BCUT2D eigenvalue weighted by Gasteiger charge is -2.52. The van der Waals surface area contributed by atoms with Crippen molar-refractivity contribution in [2.75, 3.05) is 6.61 Å². The molecule has 0 N–H and O–H groups in total. The molecule has 0 atom stereocenters. The van der Waals surface area contributed by atoms with Gasteiger partial charge in [0.05, 0.1) is 11.5 Å². The summed E-state index contributed by atoms with van der Waals surface area (Å²) in [6.07, 6.45) is 8.22. The van der Waals surface area contributed by atoms with Gasteiger partial charge in [0.1, 0.15) is 6.61 Å². The number of carbonyl (C=O) groups is 2. The topological polar surface area (TPSA) is 99.0 Å². The standard InChI is InChI=1S/C38H46N2O6/c1-6-45-33-18-25(15-16-32(33)46-23-24-11-10-14-27(17-24)40(43)44)34-35-28(19-37(2,3)21-30(35)41)39(26-12-8-7-9-13-26)29-20-38(4,5)22-31(42)36(29)34/h10-11,14-18,26,34H,6-9,12-13,19-23H2,1-5H3. The summed E-state index contributed by atoms with van der Waals surface area (Å²) >= 11 is 0. The van der Waals surface area contributed by atoms with Gasteiger partial charge in [-0.2, -0.15) is 0 Å². The lowest BCUT2D eigenvalue weighted by atomic mass is 9.63. The number of nitrogens with zero attached hydrogens (tertiary/aromatic N) is 2. The van der Waals surface area contributed by atoms with E-state index in [0.717, 1.165) is 53.8 Å². The van der Waals surface area contributed by atoms with Crippen LogP contribution in [-0.4, -0.2) is 34.0 Å². The van der Waals surface area contributed by atoms with E-state index in [1.165, 1.54) is 31.4 Å². The molecule has 0 radical (unpaired) electrons. The van der Waals surface area contributed by atoms with Crippen molar-refractivity contribution in [3.8, 4) is 11.5 Å². The summed E-state index contributed by atoms with van der Waals surface area (Å²) < 4.78 is 12.2. The van der Waals surface area contributed by atoms with Crippen LogP contribution in [0.15, 0.2) is 65.0 Å². The van der Waals surface area contributed by atoms with Crippen molar-refractivity contribution in [3.63, 3.8) is 0 Å². The van der Waals surface area contributed by atoms with Gasteiger partial charge in [0.15, 0.2) is 23.1 Å². The minimum absolute atomic E-state index is 0.00913. The molecule has 1 fully saturated rings. The zero-order chi connectivity index (χ0) is 32.8. The molecule has 1 saturated carbocycles. The fourth-order valence-corrected chi connectivity index (χ4v) is 8.12. The third kappa shape index (κ3) is 6.23. The molecule has 2 aromatic carbocycles. The molecular weight excluding hydrogens is 580 g/mol. The van der Waals surface area contributed by atoms with Crippen molar-refractivity contribution in [2.24, 2.45) is 10.8 Å². The largest absolute Gasteiger partial charge is 0.490 e. The number of nitro benzene ring substituents is 1. The lowest BCUT2D eigenvalue weighted by Crippen LogP contribution is -2.48. The van der Waals surface area contributed by atoms with Gasteiger partial charge in [0.25, 0.3) is 5.69 Å². The molecule has 0 unspecified atom stereocenters. The Hall–Kier alpha value is -3.94. The van der Waals surface area contributed by atoms with Crippen LogP contribution in [0.5, 0.6) is 11.5 Å². The van der Waals surface area contributed by atoms with E-state index in [1.807, 2.05) is 25.1 Å². The molecule has 1 heterocycles. The summed E-state index contributed by atoms with van der Waals surface area (Å²) in [4.78, 5) is 41.8. The second-order valence-electron chi connectivity index (χ2n) is 15.1. The number of ether oxygens (including phenoxy) is 2. The average Bonchev–Trinajstić information content (AvgIpc) is 2.99. The summed E-state index contributed by atoms with van der Waals surface area (Å²) in [5.41, 5.74) is 5.00. The number of allylic oxidation sites excluding steroid dienone is 4. The number of benzene rings is 2. The number of hydrogen-bond donors (Lipinski definition) is 0. The van der Waals surface area contributed by atoms with Gasteiger partial charge < -0.3 is 14.4 Å². The molecule has 3 aliphatic carbocycles. The van der Waals surface area contributed by atoms with E-state index in [0.29, 0.717) is 42.6 Å². The molecule has 1 aliphatic heterocycles. The van der Waals surface area contributed by atoms with E-state index >= 15 is 0 Å². The highest BCUT2D eigenvalue weighted by molar-refractivity contribution is 6.06. The van der Waals surface area contributed by atoms with Crippen LogP contribution in [0.3, 0.4) is 0 Å². The number of hydrogen-bond acceptors (Lipinski definition) is 7. The Morgan fingerprint density at radius 1 is 0.826 bits per heavy atom. The van der Waals surface area contributed by atoms with Crippen molar-refractivity contribution in [2.45, 2.75) is 111 Å². The van der Waals surface area contributed by atoms with Crippen LogP contribution >= 0.6 is 0 Å². The normalized spacial score (nSPS) is 21.6. The zero-order valence-corrected chi connectivity index (χ0v) is 27.8. The van der Waals surface area contributed by atoms with Crippen LogP contribution in [0, 0.1) is 20.9 Å². The zero-order valence-electron chi connectivity index (χ0n) is 27.8. The smallest absolute Gasteiger partial charge is 0.269 e. The molecule has 0 bridgehead atoms. The van der Waals surface area contributed by atoms with Crippen molar-refractivity contribution < 1.29 is 24.0 Å². The predicted octanol–water partition coefficient (Wildman–Crippen LogP) is 8.59. The van der Waals surface area contributed by atoms with E-state index in [2.05, 4.69) is 32.6 Å². The van der Waals surface area contributed by atoms with E-state index in [9.17, 15) is 19.7 Å². The highest BCUT2D eigenvalue weighted by atomic mass is 16.6. The second kappa shape index (κ2) is 12.3. The van der Waals surface area contributed by atoms with Crippen LogP contribution in [-0.2, 0) is 16.2 Å². The maximum atomic E-state index is 14.3. The van der Waals surface area contributed by atoms with Gasteiger partial charge >= 0.3 is 0 Å². The van der Waals surface area contributed by atoms with Gasteiger partial charge in [-0.1, -0.05) is 65.2 Å². The number of rotatable bonds is 8. The first-order chi connectivity index (χ1) is 21.9. The van der Waals surface area contributed by atoms with Gasteiger partial charge in [-0.25, -0.2) is 0 Å². The number of ketones is 2. The fourth-order valence-electron chi connectivity index (χ4n) is 8.12. The maximum Gasteiger partial charge on any atom is 0.269 e. The Balaban J connectivity index is 1.46. The van der Waals surface area contributed by atoms with Gasteiger partial charge in [-0.05, 0) is 66.7 Å². The minimum Gasteiger partial charge on any atom is -0.490 e. The highest BCUT2D eigenvalue weighted by Gasteiger charge is 2.50. The molecule has 244 valence electrons. The highest BCUT2D eigenvalue weighted by Crippen LogP contribution is 2.56. The van der Waals surface area contributed by atoms with Crippen LogP contribution in [0.2, 0.25) is 0 Å².